The number of aromatic nitrogens is 2. The normalized spacial score (nSPS) is 18.4. The van der Waals surface area contributed by atoms with Gasteiger partial charge in [0.25, 0.3) is 0 Å². The molecule has 2 aromatic heterocycles. The summed E-state index contributed by atoms with van der Waals surface area (Å²) >= 11 is 2.78. The van der Waals surface area contributed by atoms with Gasteiger partial charge in [0, 0.05) is 10.9 Å². The molecule has 1 amide bonds. The first-order valence-electron chi connectivity index (χ1n) is 8.53. The lowest BCUT2D eigenvalue weighted by atomic mass is 10.2. The molecule has 0 saturated carbocycles. The van der Waals surface area contributed by atoms with Gasteiger partial charge in [0.15, 0.2) is 9.84 Å². The molecule has 3 heterocycles. The van der Waals surface area contributed by atoms with Gasteiger partial charge in [-0.2, -0.15) is 0 Å². The van der Waals surface area contributed by atoms with E-state index < -0.39 is 9.84 Å². The van der Waals surface area contributed by atoms with Crippen molar-refractivity contribution < 1.29 is 17.6 Å². The lowest BCUT2D eigenvalue weighted by Gasteiger charge is -2.10. The smallest absolute Gasteiger partial charge is 0.230 e. The van der Waals surface area contributed by atoms with Crippen molar-refractivity contribution in [2.75, 3.05) is 17.3 Å². The summed E-state index contributed by atoms with van der Waals surface area (Å²) in [5, 5.41) is 3.47. The van der Waals surface area contributed by atoms with E-state index in [1.54, 1.807) is 12.1 Å². The molecule has 1 fully saturated rings. The number of carbonyl (C=O) groups is 1. The van der Waals surface area contributed by atoms with Crippen molar-refractivity contribution in [3.8, 4) is 10.4 Å². The molecule has 0 bridgehead atoms. The Morgan fingerprint density at radius 2 is 2.07 bits per heavy atom. The topological polar surface area (TPSA) is 89.0 Å². The molecule has 1 saturated heterocycles. The van der Waals surface area contributed by atoms with Crippen LogP contribution in [0.3, 0.4) is 0 Å². The number of rotatable bonds is 5. The van der Waals surface area contributed by atoms with Gasteiger partial charge in [0.2, 0.25) is 5.91 Å². The van der Waals surface area contributed by atoms with Crippen LogP contribution < -0.4 is 5.32 Å². The fourth-order valence-electron chi connectivity index (χ4n) is 3.00. The summed E-state index contributed by atoms with van der Waals surface area (Å²) in [4.78, 5) is 21.7. The summed E-state index contributed by atoms with van der Waals surface area (Å²) in [5.74, 6) is -0.227. The number of carbonyl (C=O) groups excluding carboxylic acids is 1. The quantitative estimate of drug-likeness (QED) is 0.488. The largest absolute Gasteiger partial charge is 0.352 e. The van der Waals surface area contributed by atoms with Crippen molar-refractivity contribution >= 4 is 49.1 Å². The van der Waals surface area contributed by atoms with E-state index in [2.05, 4.69) is 15.3 Å². The fourth-order valence-corrected chi connectivity index (χ4v) is 6.69. The van der Waals surface area contributed by atoms with Gasteiger partial charge < -0.3 is 5.32 Å². The maximum atomic E-state index is 13.1. The van der Waals surface area contributed by atoms with Crippen LogP contribution >= 0.6 is 23.1 Å². The average Bonchev–Trinajstić information content (AvgIpc) is 3.23. The Hall–Kier alpha value is -2.04. The molecule has 0 aliphatic carbocycles. The van der Waals surface area contributed by atoms with E-state index in [1.807, 2.05) is 6.07 Å². The van der Waals surface area contributed by atoms with Gasteiger partial charge in [0.05, 0.1) is 27.5 Å². The number of nitrogens with zero attached hydrogens (tertiary/aromatic N) is 2. The van der Waals surface area contributed by atoms with Crippen LogP contribution in [0.25, 0.3) is 20.7 Å². The summed E-state index contributed by atoms with van der Waals surface area (Å²) in [7, 11) is -3.03. The number of hydrogen-bond acceptors (Lipinski definition) is 7. The molecule has 146 valence electrons. The zero-order valence-electron chi connectivity index (χ0n) is 14.6. The Balaban J connectivity index is 1.46. The highest BCUT2D eigenvalue weighted by Gasteiger charge is 2.28. The number of sulfone groups is 1. The number of thioether (sulfide) groups is 1. The number of halogens is 1. The van der Waals surface area contributed by atoms with Crippen molar-refractivity contribution in [2.24, 2.45) is 0 Å². The number of amides is 1. The van der Waals surface area contributed by atoms with Crippen LogP contribution in [0.2, 0.25) is 0 Å². The highest BCUT2D eigenvalue weighted by Crippen LogP contribution is 2.36. The number of hydrogen-bond donors (Lipinski definition) is 1. The van der Waals surface area contributed by atoms with E-state index in [-0.39, 0.29) is 35.0 Å². The van der Waals surface area contributed by atoms with Crippen LogP contribution in [0.1, 0.15) is 6.42 Å². The number of nitrogens with one attached hydrogen (secondary N) is 1. The van der Waals surface area contributed by atoms with Crippen molar-refractivity contribution in [2.45, 2.75) is 17.5 Å². The second-order valence-electron chi connectivity index (χ2n) is 6.47. The van der Waals surface area contributed by atoms with Gasteiger partial charge >= 0.3 is 0 Å². The van der Waals surface area contributed by atoms with Crippen LogP contribution in [-0.4, -0.2) is 47.6 Å². The average molecular weight is 438 g/mol. The number of thiophene rings is 1. The Morgan fingerprint density at radius 1 is 1.29 bits per heavy atom. The zero-order valence-corrected chi connectivity index (χ0v) is 17.0. The maximum absolute atomic E-state index is 13.1. The third kappa shape index (κ3) is 4.34. The molecule has 1 aliphatic rings. The summed E-state index contributed by atoms with van der Waals surface area (Å²) in [6.07, 6.45) is 1.91. The minimum Gasteiger partial charge on any atom is -0.352 e. The van der Waals surface area contributed by atoms with E-state index in [9.17, 15) is 17.6 Å². The fraction of sp³-hybridized carbons (Fsp3) is 0.278. The van der Waals surface area contributed by atoms with Gasteiger partial charge in [0.1, 0.15) is 17.2 Å². The lowest BCUT2D eigenvalue weighted by Crippen LogP contribution is -2.36. The summed E-state index contributed by atoms with van der Waals surface area (Å²) in [5.41, 5.74) is 1.66. The van der Waals surface area contributed by atoms with E-state index in [0.717, 1.165) is 20.7 Å². The number of fused-ring (bicyclic) bond motifs is 1. The Kier molecular flexibility index (Phi) is 5.35. The molecule has 1 N–H and O–H groups in total. The van der Waals surface area contributed by atoms with Gasteiger partial charge in [-0.05, 0) is 30.2 Å². The minimum absolute atomic E-state index is 0.00706. The van der Waals surface area contributed by atoms with E-state index in [1.165, 1.54) is 41.6 Å². The molecule has 6 nitrogen and oxygen atoms in total. The van der Waals surface area contributed by atoms with Crippen LogP contribution in [0.15, 0.2) is 41.7 Å². The third-order valence-corrected chi connectivity index (χ3v) is 8.41. The second kappa shape index (κ2) is 7.76. The number of benzene rings is 1. The van der Waals surface area contributed by atoms with Gasteiger partial charge in [-0.3, -0.25) is 4.79 Å². The standard InChI is InChI=1S/C18H16FN3O3S3/c19-12-3-1-11(2-4-12)15-7-14-17(27-15)18(21-10-20-14)26-8-16(23)22-13-5-6-28(24,25)9-13/h1-4,7,10,13H,5-6,8-9H2,(H,22,23). The monoisotopic (exact) mass is 437 g/mol. The van der Waals surface area contributed by atoms with E-state index in [4.69, 9.17) is 0 Å². The highest BCUT2D eigenvalue weighted by molar-refractivity contribution is 8.00. The summed E-state index contributed by atoms with van der Waals surface area (Å²) in [6, 6.07) is 7.86. The molecule has 1 atom stereocenters. The van der Waals surface area contributed by atoms with E-state index >= 15 is 0 Å². The SMILES string of the molecule is O=C(CSc1ncnc2cc(-c3ccc(F)cc3)sc12)NC1CCS(=O)(=O)C1. The summed E-state index contributed by atoms with van der Waals surface area (Å²) < 4.78 is 37.0. The molecule has 0 radical (unpaired) electrons. The van der Waals surface area contributed by atoms with Crippen LogP contribution in [0.4, 0.5) is 4.39 Å². The Labute approximate surface area is 169 Å². The third-order valence-electron chi connectivity index (χ3n) is 4.34. The van der Waals surface area contributed by atoms with Crippen molar-refractivity contribution in [1.29, 1.82) is 0 Å². The van der Waals surface area contributed by atoms with Gasteiger partial charge in [-0.15, -0.1) is 11.3 Å². The highest BCUT2D eigenvalue weighted by atomic mass is 32.2. The van der Waals surface area contributed by atoms with Crippen LogP contribution in [-0.2, 0) is 14.6 Å². The second-order valence-corrected chi connectivity index (χ2v) is 10.7. The Bertz CT molecular complexity index is 1130. The first-order valence-corrected chi connectivity index (χ1v) is 12.1. The predicted octanol–water partition coefficient (Wildman–Crippen LogP) is 2.89. The Morgan fingerprint density at radius 3 is 2.79 bits per heavy atom. The van der Waals surface area contributed by atoms with E-state index in [0.29, 0.717) is 11.4 Å². The first-order chi connectivity index (χ1) is 13.4. The molecule has 0 spiro atoms. The molecule has 1 aliphatic heterocycles. The first kappa shape index (κ1) is 19.3. The van der Waals surface area contributed by atoms with Gasteiger partial charge in [-0.1, -0.05) is 23.9 Å². The molecular formula is C18H16FN3O3S3. The molecule has 1 aromatic carbocycles. The van der Waals surface area contributed by atoms with Crippen molar-refractivity contribution in [3.63, 3.8) is 0 Å². The molecule has 3 aromatic rings. The van der Waals surface area contributed by atoms with Crippen LogP contribution in [0.5, 0.6) is 0 Å². The van der Waals surface area contributed by atoms with Gasteiger partial charge in [-0.25, -0.2) is 22.8 Å². The predicted molar refractivity (Wildman–Crippen MR) is 109 cm³/mol. The molecule has 28 heavy (non-hydrogen) atoms. The molecule has 1 unspecified atom stereocenters. The lowest BCUT2D eigenvalue weighted by molar-refractivity contribution is -0.119. The van der Waals surface area contributed by atoms with Crippen LogP contribution in [0, 0.1) is 5.82 Å². The zero-order chi connectivity index (χ0) is 19.7. The molecular weight excluding hydrogens is 421 g/mol. The molecule has 4 rings (SSSR count). The minimum atomic E-state index is -3.03. The van der Waals surface area contributed by atoms with Crippen molar-refractivity contribution in [3.05, 3.63) is 42.5 Å². The maximum Gasteiger partial charge on any atom is 0.230 e. The summed E-state index contributed by atoms with van der Waals surface area (Å²) in [6.45, 7) is 0. The molecule has 10 heteroatoms. The van der Waals surface area contributed by atoms with Crippen molar-refractivity contribution in [1.82, 2.24) is 15.3 Å².